The topological polar surface area (TPSA) is 73.6 Å². The maximum absolute atomic E-state index is 12.2. The molecule has 1 aliphatic rings. The van der Waals surface area contributed by atoms with Gasteiger partial charge in [0.25, 0.3) is 0 Å². The highest BCUT2D eigenvalue weighted by atomic mass is 79.9. The Labute approximate surface area is 145 Å². The third-order valence-corrected chi connectivity index (χ3v) is 4.32. The Hall–Kier alpha value is -0.820. The summed E-state index contributed by atoms with van der Waals surface area (Å²) in [5.74, 6) is 0.688. The molecule has 1 heterocycles. The first-order chi connectivity index (χ1) is 10.0. The van der Waals surface area contributed by atoms with Crippen molar-refractivity contribution in [2.75, 3.05) is 13.7 Å². The van der Waals surface area contributed by atoms with Gasteiger partial charge >= 0.3 is 0 Å². The van der Waals surface area contributed by atoms with Gasteiger partial charge in [-0.05, 0) is 53.4 Å². The number of nitrogens with one attached hydrogen (secondary N) is 1. The molecule has 0 bridgehead atoms. The zero-order valence-corrected chi connectivity index (χ0v) is 15.1. The lowest BCUT2D eigenvalue weighted by Gasteiger charge is -2.18. The minimum atomic E-state index is -0.386. The normalized spacial score (nSPS) is 21.8. The van der Waals surface area contributed by atoms with E-state index < -0.39 is 0 Å². The number of hydrogen-bond donors (Lipinski definition) is 2. The van der Waals surface area contributed by atoms with Crippen molar-refractivity contribution in [3.8, 4) is 5.75 Å². The van der Waals surface area contributed by atoms with E-state index in [4.69, 9.17) is 15.2 Å². The van der Waals surface area contributed by atoms with Crippen LogP contribution in [0.2, 0.25) is 0 Å². The lowest BCUT2D eigenvalue weighted by Crippen LogP contribution is -2.37. The highest BCUT2D eigenvalue weighted by Gasteiger charge is 2.30. The van der Waals surface area contributed by atoms with Crippen LogP contribution in [0.15, 0.2) is 22.7 Å². The quantitative estimate of drug-likeness (QED) is 0.806. The zero-order chi connectivity index (χ0) is 15.4. The number of hydrogen-bond acceptors (Lipinski definition) is 4. The number of ether oxygens (including phenoxy) is 2. The van der Waals surface area contributed by atoms with Crippen molar-refractivity contribution in [2.45, 2.75) is 38.0 Å². The minimum absolute atomic E-state index is 0. The molecule has 1 saturated heterocycles. The van der Waals surface area contributed by atoms with E-state index >= 15 is 0 Å². The number of halogens is 2. The fourth-order valence-electron chi connectivity index (χ4n) is 2.41. The predicted octanol–water partition coefficient (Wildman–Crippen LogP) is 2.56. The summed E-state index contributed by atoms with van der Waals surface area (Å²) in [5.41, 5.74) is 6.56. The van der Waals surface area contributed by atoms with Gasteiger partial charge in [0.1, 0.15) is 11.9 Å². The van der Waals surface area contributed by atoms with Crippen LogP contribution in [0.3, 0.4) is 0 Å². The van der Waals surface area contributed by atoms with E-state index in [-0.39, 0.29) is 36.6 Å². The van der Waals surface area contributed by atoms with Crippen molar-refractivity contribution in [3.05, 3.63) is 28.2 Å². The van der Waals surface area contributed by atoms with Crippen LogP contribution in [0.1, 0.15) is 31.4 Å². The van der Waals surface area contributed by atoms with Gasteiger partial charge < -0.3 is 20.5 Å². The van der Waals surface area contributed by atoms with Crippen LogP contribution in [-0.4, -0.2) is 31.8 Å². The fourth-order valence-corrected chi connectivity index (χ4v) is 2.97. The van der Waals surface area contributed by atoms with Crippen LogP contribution in [0.5, 0.6) is 5.75 Å². The van der Waals surface area contributed by atoms with Crippen molar-refractivity contribution >= 4 is 34.2 Å². The molecule has 0 spiro atoms. The van der Waals surface area contributed by atoms with Crippen molar-refractivity contribution in [2.24, 2.45) is 5.73 Å². The number of rotatable bonds is 5. The van der Waals surface area contributed by atoms with E-state index in [9.17, 15) is 4.79 Å². The monoisotopic (exact) mass is 392 g/mol. The van der Waals surface area contributed by atoms with Crippen LogP contribution in [0, 0.1) is 0 Å². The van der Waals surface area contributed by atoms with E-state index in [1.165, 1.54) is 0 Å². The van der Waals surface area contributed by atoms with Crippen LogP contribution in [-0.2, 0) is 9.53 Å². The van der Waals surface area contributed by atoms with Crippen molar-refractivity contribution in [3.63, 3.8) is 0 Å². The summed E-state index contributed by atoms with van der Waals surface area (Å²) in [6.07, 6.45) is 1.19. The first kappa shape index (κ1) is 19.2. The molecular weight excluding hydrogens is 372 g/mol. The van der Waals surface area contributed by atoms with Crippen molar-refractivity contribution in [1.29, 1.82) is 0 Å². The third kappa shape index (κ3) is 4.59. The third-order valence-electron chi connectivity index (χ3n) is 3.70. The summed E-state index contributed by atoms with van der Waals surface area (Å²) >= 11 is 3.45. The molecule has 3 N–H and O–H groups in total. The molecule has 1 aromatic rings. The van der Waals surface area contributed by atoms with Gasteiger partial charge in [0.2, 0.25) is 5.91 Å². The highest BCUT2D eigenvalue weighted by Crippen LogP contribution is 2.28. The molecule has 2 rings (SSSR count). The molecule has 5 nitrogen and oxygen atoms in total. The Morgan fingerprint density at radius 1 is 1.55 bits per heavy atom. The summed E-state index contributed by atoms with van der Waals surface area (Å²) in [4.78, 5) is 12.2. The van der Waals surface area contributed by atoms with Gasteiger partial charge in [-0.1, -0.05) is 6.07 Å². The second kappa shape index (κ2) is 8.72. The molecule has 1 amide bonds. The molecule has 1 fully saturated rings. The van der Waals surface area contributed by atoms with Gasteiger partial charge in [0, 0.05) is 6.54 Å². The minimum Gasteiger partial charge on any atom is -0.496 e. The second-order valence-corrected chi connectivity index (χ2v) is 6.04. The molecule has 1 aliphatic heterocycles. The maximum Gasteiger partial charge on any atom is 0.249 e. The van der Waals surface area contributed by atoms with Gasteiger partial charge in [-0.3, -0.25) is 4.79 Å². The molecule has 1 unspecified atom stereocenters. The Balaban J connectivity index is 0.00000242. The van der Waals surface area contributed by atoms with Gasteiger partial charge in [-0.2, -0.15) is 0 Å². The Bertz CT molecular complexity index is 516. The average Bonchev–Trinajstić information content (AvgIpc) is 2.96. The van der Waals surface area contributed by atoms with Crippen LogP contribution >= 0.6 is 28.3 Å². The molecule has 3 atom stereocenters. The van der Waals surface area contributed by atoms with Gasteiger partial charge in [0.05, 0.1) is 23.7 Å². The molecule has 22 heavy (non-hydrogen) atoms. The van der Waals surface area contributed by atoms with Gasteiger partial charge in [0.15, 0.2) is 0 Å². The summed E-state index contributed by atoms with van der Waals surface area (Å²) in [6, 6.07) is 5.66. The summed E-state index contributed by atoms with van der Waals surface area (Å²) in [5, 5.41) is 2.98. The molecular formula is C15H22BrClN2O3. The summed E-state index contributed by atoms with van der Waals surface area (Å²) in [6.45, 7) is 2.41. The van der Waals surface area contributed by atoms with E-state index in [0.717, 1.165) is 28.6 Å². The molecule has 0 saturated carbocycles. The first-order valence-electron chi connectivity index (χ1n) is 7.04. The van der Waals surface area contributed by atoms with E-state index in [1.54, 1.807) is 7.11 Å². The van der Waals surface area contributed by atoms with Crippen LogP contribution in [0.4, 0.5) is 0 Å². The van der Waals surface area contributed by atoms with Crippen LogP contribution in [0.25, 0.3) is 0 Å². The molecule has 7 heteroatoms. The standard InChI is InChI=1S/C15H21BrN2O3.ClH/c1-9(10-3-5-13(20-2)12(16)7-10)18-15(19)14-6-4-11(8-17)21-14;/h3,5,7,9,11,14H,4,6,8,17H2,1-2H3,(H,18,19);1H/t9?,11-,14+;/m1./s1. The molecule has 0 aliphatic carbocycles. The molecule has 0 radical (unpaired) electrons. The predicted molar refractivity (Wildman–Crippen MR) is 91.4 cm³/mol. The number of carbonyl (C=O) groups is 1. The maximum atomic E-state index is 12.2. The fraction of sp³-hybridized carbons (Fsp3) is 0.533. The van der Waals surface area contributed by atoms with Crippen LogP contribution < -0.4 is 15.8 Å². The number of benzene rings is 1. The Morgan fingerprint density at radius 2 is 2.27 bits per heavy atom. The molecule has 1 aromatic carbocycles. The highest BCUT2D eigenvalue weighted by molar-refractivity contribution is 9.10. The summed E-state index contributed by atoms with van der Waals surface area (Å²) in [7, 11) is 1.62. The Morgan fingerprint density at radius 3 is 2.82 bits per heavy atom. The average molecular weight is 394 g/mol. The van der Waals surface area contributed by atoms with Gasteiger partial charge in [-0.15, -0.1) is 12.4 Å². The molecule has 0 aromatic heterocycles. The second-order valence-electron chi connectivity index (χ2n) is 5.18. The number of carbonyl (C=O) groups excluding carboxylic acids is 1. The largest absolute Gasteiger partial charge is 0.496 e. The lowest BCUT2D eigenvalue weighted by atomic mass is 10.1. The molecule has 124 valence electrons. The van der Waals surface area contributed by atoms with Crippen molar-refractivity contribution in [1.82, 2.24) is 5.32 Å². The summed E-state index contributed by atoms with van der Waals surface area (Å²) < 4.78 is 11.7. The van der Waals surface area contributed by atoms with Crippen molar-refractivity contribution < 1.29 is 14.3 Å². The smallest absolute Gasteiger partial charge is 0.249 e. The number of methoxy groups -OCH3 is 1. The first-order valence-corrected chi connectivity index (χ1v) is 7.83. The lowest BCUT2D eigenvalue weighted by molar-refractivity contribution is -0.132. The van der Waals surface area contributed by atoms with E-state index in [0.29, 0.717) is 6.54 Å². The van der Waals surface area contributed by atoms with Gasteiger partial charge in [-0.25, -0.2) is 0 Å². The SMILES string of the molecule is COc1ccc(C(C)NC(=O)[C@@H]2CC[C@H](CN)O2)cc1Br.Cl. The number of nitrogens with two attached hydrogens (primary N) is 1. The zero-order valence-electron chi connectivity index (χ0n) is 12.7. The Kier molecular flexibility index (Phi) is 7.62. The number of amides is 1. The van der Waals surface area contributed by atoms with E-state index in [1.807, 2.05) is 25.1 Å². The van der Waals surface area contributed by atoms with E-state index in [2.05, 4.69) is 21.2 Å².